The summed E-state index contributed by atoms with van der Waals surface area (Å²) in [4.78, 5) is 0. The lowest BCUT2D eigenvalue weighted by atomic mass is 9.99. The van der Waals surface area contributed by atoms with Crippen molar-refractivity contribution < 1.29 is 4.74 Å². The van der Waals surface area contributed by atoms with Gasteiger partial charge in [-0.15, -0.1) is 0 Å². The highest BCUT2D eigenvalue weighted by atomic mass is 16.5. The molecule has 1 heterocycles. The van der Waals surface area contributed by atoms with E-state index in [0.717, 1.165) is 6.61 Å². The van der Waals surface area contributed by atoms with Crippen molar-refractivity contribution in [2.24, 2.45) is 0 Å². The summed E-state index contributed by atoms with van der Waals surface area (Å²) in [5.74, 6) is 0. The van der Waals surface area contributed by atoms with Crippen molar-refractivity contribution in [1.82, 2.24) is 6.15 Å². The average Bonchev–Trinajstić information content (AvgIpc) is 1.65. The normalized spacial score (nSPS) is 24.7. The van der Waals surface area contributed by atoms with Crippen LogP contribution in [0.25, 0.3) is 0 Å². The van der Waals surface area contributed by atoms with Gasteiger partial charge in [0, 0.05) is 6.61 Å². The number of hydrogen-bond acceptors (Lipinski definition) is 2. The fourth-order valence-corrected chi connectivity index (χ4v) is 1.07. The van der Waals surface area contributed by atoms with Gasteiger partial charge in [0.1, 0.15) is 0 Å². The van der Waals surface area contributed by atoms with Crippen LogP contribution in [0.5, 0.6) is 0 Å². The van der Waals surface area contributed by atoms with Gasteiger partial charge in [-0.3, -0.25) is 0 Å². The third-order valence-electron chi connectivity index (χ3n) is 1.67. The monoisotopic (exact) mass is 131 g/mol. The van der Waals surface area contributed by atoms with Crippen molar-refractivity contribution in [1.29, 1.82) is 0 Å². The second kappa shape index (κ2) is 3.18. The summed E-state index contributed by atoms with van der Waals surface area (Å²) >= 11 is 0. The van der Waals surface area contributed by atoms with Crippen LogP contribution in [-0.2, 0) is 4.74 Å². The molecule has 1 saturated heterocycles. The Bertz CT molecular complexity index is 73.0. The van der Waals surface area contributed by atoms with Crippen molar-refractivity contribution >= 4 is 0 Å². The second-order valence-electron chi connectivity index (χ2n) is 3.07. The molecular weight excluding hydrogens is 114 g/mol. The first-order valence-corrected chi connectivity index (χ1v) is 3.35. The predicted molar refractivity (Wildman–Crippen MR) is 38.9 cm³/mol. The molecule has 9 heavy (non-hydrogen) atoms. The van der Waals surface area contributed by atoms with E-state index in [0.29, 0.717) is 0 Å². The van der Waals surface area contributed by atoms with Crippen LogP contribution in [0.2, 0.25) is 0 Å². The molecule has 0 spiro atoms. The average molecular weight is 131 g/mol. The van der Waals surface area contributed by atoms with Gasteiger partial charge in [0.2, 0.25) is 0 Å². The summed E-state index contributed by atoms with van der Waals surface area (Å²) in [6, 6.07) is 0. The van der Waals surface area contributed by atoms with Crippen LogP contribution < -0.4 is 6.15 Å². The highest BCUT2D eigenvalue weighted by molar-refractivity contribution is 4.71. The summed E-state index contributed by atoms with van der Waals surface area (Å²) in [5, 5.41) is 0. The molecule has 1 fully saturated rings. The molecule has 0 aliphatic carbocycles. The standard InChI is InChI=1S/C7H14O.H3N/c1-7(2)5-3-4-6-8-7;/h3-6H2,1-2H3;1H3. The van der Waals surface area contributed by atoms with Crippen LogP contribution in [0, 0.1) is 0 Å². The fraction of sp³-hybridized carbons (Fsp3) is 1.00. The zero-order valence-corrected chi connectivity index (χ0v) is 6.44. The minimum absolute atomic E-state index is 0. The SMILES string of the molecule is CC1(C)CCCCO1.N. The summed E-state index contributed by atoms with van der Waals surface area (Å²) < 4.78 is 5.47. The van der Waals surface area contributed by atoms with E-state index in [4.69, 9.17) is 4.74 Å². The lowest BCUT2D eigenvalue weighted by Gasteiger charge is -2.29. The molecule has 0 aromatic heterocycles. The van der Waals surface area contributed by atoms with Gasteiger partial charge in [-0.2, -0.15) is 0 Å². The van der Waals surface area contributed by atoms with E-state index in [1.54, 1.807) is 0 Å². The first-order valence-electron chi connectivity index (χ1n) is 3.35. The lowest BCUT2D eigenvalue weighted by molar-refractivity contribution is -0.0511. The summed E-state index contributed by atoms with van der Waals surface area (Å²) in [6.07, 6.45) is 3.82. The summed E-state index contributed by atoms with van der Waals surface area (Å²) in [5.41, 5.74) is 0.179. The Kier molecular flexibility index (Phi) is 3.15. The highest BCUT2D eigenvalue weighted by Gasteiger charge is 2.20. The Morgan fingerprint density at radius 2 is 1.89 bits per heavy atom. The van der Waals surface area contributed by atoms with Crippen LogP contribution in [-0.4, -0.2) is 12.2 Å². The molecule has 0 saturated carbocycles. The largest absolute Gasteiger partial charge is 0.376 e. The fourth-order valence-electron chi connectivity index (χ4n) is 1.07. The molecule has 1 rings (SSSR count). The molecule has 3 N–H and O–H groups in total. The maximum atomic E-state index is 5.47. The van der Waals surface area contributed by atoms with Gasteiger partial charge in [0.25, 0.3) is 0 Å². The maximum Gasteiger partial charge on any atom is 0.0626 e. The molecule has 0 aromatic rings. The molecule has 0 unspecified atom stereocenters. The first-order chi connectivity index (χ1) is 3.71. The van der Waals surface area contributed by atoms with E-state index in [1.165, 1.54) is 19.3 Å². The Morgan fingerprint density at radius 1 is 1.22 bits per heavy atom. The predicted octanol–water partition coefficient (Wildman–Crippen LogP) is 2.13. The van der Waals surface area contributed by atoms with Gasteiger partial charge in [-0.25, -0.2) is 0 Å². The minimum Gasteiger partial charge on any atom is -0.376 e. The molecule has 0 aromatic carbocycles. The Hall–Kier alpha value is -0.0800. The Labute approximate surface area is 57.2 Å². The minimum atomic E-state index is 0. The van der Waals surface area contributed by atoms with Crippen LogP contribution in [0.15, 0.2) is 0 Å². The zero-order chi connectivity index (χ0) is 6.04. The molecule has 2 nitrogen and oxygen atoms in total. The van der Waals surface area contributed by atoms with Crippen LogP contribution in [0.3, 0.4) is 0 Å². The van der Waals surface area contributed by atoms with Crippen LogP contribution in [0.1, 0.15) is 33.1 Å². The van der Waals surface area contributed by atoms with Gasteiger partial charge < -0.3 is 10.9 Å². The van der Waals surface area contributed by atoms with E-state index >= 15 is 0 Å². The highest BCUT2D eigenvalue weighted by Crippen LogP contribution is 2.22. The molecule has 0 atom stereocenters. The Morgan fingerprint density at radius 3 is 2.11 bits per heavy atom. The maximum absolute atomic E-state index is 5.47. The van der Waals surface area contributed by atoms with Crippen LogP contribution >= 0.6 is 0 Å². The molecule has 0 bridgehead atoms. The third kappa shape index (κ3) is 2.82. The lowest BCUT2D eigenvalue weighted by Crippen LogP contribution is -2.28. The zero-order valence-electron chi connectivity index (χ0n) is 6.44. The van der Waals surface area contributed by atoms with Crippen molar-refractivity contribution in [2.75, 3.05) is 6.61 Å². The van der Waals surface area contributed by atoms with E-state index < -0.39 is 0 Å². The second-order valence-corrected chi connectivity index (χ2v) is 3.07. The van der Waals surface area contributed by atoms with Crippen molar-refractivity contribution in [3.63, 3.8) is 0 Å². The third-order valence-corrected chi connectivity index (χ3v) is 1.67. The van der Waals surface area contributed by atoms with Crippen molar-refractivity contribution in [2.45, 2.75) is 38.7 Å². The van der Waals surface area contributed by atoms with Gasteiger partial charge >= 0.3 is 0 Å². The van der Waals surface area contributed by atoms with Gasteiger partial charge in [-0.05, 0) is 33.1 Å². The molecule has 2 heteroatoms. The number of ether oxygens (including phenoxy) is 1. The van der Waals surface area contributed by atoms with Crippen LogP contribution in [0.4, 0.5) is 0 Å². The van der Waals surface area contributed by atoms with Gasteiger partial charge in [0.15, 0.2) is 0 Å². The quantitative estimate of drug-likeness (QED) is 0.547. The van der Waals surface area contributed by atoms with E-state index in [2.05, 4.69) is 13.8 Å². The smallest absolute Gasteiger partial charge is 0.0626 e. The van der Waals surface area contributed by atoms with E-state index in [-0.39, 0.29) is 11.8 Å². The van der Waals surface area contributed by atoms with Gasteiger partial charge in [0.05, 0.1) is 5.60 Å². The number of rotatable bonds is 0. The molecule has 1 aliphatic heterocycles. The molecule has 0 radical (unpaired) electrons. The summed E-state index contributed by atoms with van der Waals surface area (Å²) in [6.45, 7) is 5.28. The molecular formula is C7H17NO. The number of hydrogen-bond donors (Lipinski definition) is 1. The van der Waals surface area contributed by atoms with E-state index in [1.807, 2.05) is 0 Å². The van der Waals surface area contributed by atoms with Gasteiger partial charge in [-0.1, -0.05) is 0 Å². The Balaban J connectivity index is 0.000000640. The van der Waals surface area contributed by atoms with Crippen molar-refractivity contribution in [3.05, 3.63) is 0 Å². The van der Waals surface area contributed by atoms with E-state index in [9.17, 15) is 0 Å². The molecule has 0 amide bonds. The topological polar surface area (TPSA) is 44.2 Å². The molecule has 1 aliphatic rings. The first kappa shape index (κ1) is 8.92. The van der Waals surface area contributed by atoms with Crippen molar-refractivity contribution in [3.8, 4) is 0 Å². The molecule has 56 valence electrons. The summed E-state index contributed by atoms with van der Waals surface area (Å²) in [7, 11) is 0.